The highest BCUT2D eigenvalue weighted by Gasteiger charge is 2.07. The van der Waals surface area contributed by atoms with Crippen LogP contribution < -0.4 is 5.73 Å². The van der Waals surface area contributed by atoms with Gasteiger partial charge in [-0.05, 0) is 49.2 Å². The average molecular weight is 232 g/mol. The summed E-state index contributed by atoms with van der Waals surface area (Å²) in [5.41, 5.74) is 9.03. The molecule has 3 heteroatoms. The van der Waals surface area contributed by atoms with Crippen LogP contribution in [-0.2, 0) is 6.54 Å². The zero-order chi connectivity index (χ0) is 12.4. The second-order valence-electron chi connectivity index (χ2n) is 4.42. The van der Waals surface area contributed by atoms with Gasteiger partial charge in [-0.2, -0.15) is 0 Å². The zero-order valence-corrected chi connectivity index (χ0v) is 10.2. The molecule has 2 nitrogen and oxygen atoms in total. The lowest BCUT2D eigenvalue weighted by atomic mass is 10.1. The minimum absolute atomic E-state index is 0.0149. The Morgan fingerprint density at radius 2 is 2.12 bits per heavy atom. The summed E-state index contributed by atoms with van der Waals surface area (Å²) in [6, 6.07) is 8.83. The van der Waals surface area contributed by atoms with Crippen molar-refractivity contribution in [1.29, 1.82) is 0 Å². The van der Waals surface area contributed by atoms with E-state index < -0.39 is 0 Å². The number of hydrogen-bond donors (Lipinski definition) is 1. The SMILES string of the molecule is Cc1ccc(F)cc1Cn1cccc1C(C)N. The molecule has 0 radical (unpaired) electrons. The monoisotopic (exact) mass is 232 g/mol. The molecule has 1 unspecified atom stereocenters. The molecule has 0 amide bonds. The van der Waals surface area contributed by atoms with Crippen molar-refractivity contribution in [2.45, 2.75) is 26.4 Å². The molecule has 17 heavy (non-hydrogen) atoms. The maximum Gasteiger partial charge on any atom is 0.123 e. The van der Waals surface area contributed by atoms with Crippen LogP contribution in [0.1, 0.15) is 29.8 Å². The van der Waals surface area contributed by atoms with Gasteiger partial charge in [-0.1, -0.05) is 6.07 Å². The molecule has 2 rings (SSSR count). The van der Waals surface area contributed by atoms with E-state index in [1.165, 1.54) is 6.07 Å². The third-order valence-electron chi connectivity index (χ3n) is 2.98. The maximum absolute atomic E-state index is 13.2. The average Bonchev–Trinajstić information content (AvgIpc) is 2.71. The summed E-state index contributed by atoms with van der Waals surface area (Å²) in [5.74, 6) is -0.194. The van der Waals surface area contributed by atoms with E-state index in [2.05, 4.69) is 4.57 Å². The first-order valence-electron chi connectivity index (χ1n) is 5.73. The normalized spacial score (nSPS) is 12.7. The van der Waals surface area contributed by atoms with Crippen molar-refractivity contribution in [3.8, 4) is 0 Å². The molecule has 0 aliphatic rings. The molecule has 0 aliphatic carbocycles. The summed E-state index contributed by atoms with van der Waals surface area (Å²) in [6.45, 7) is 4.60. The quantitative estimate of drug-likeness (QED) is 0.866. The Kier molecular flexibility index (Phi) is 3.29. The second kappa shape index (κ2) is 4.72. The summed E-state index contributed by atoms with van der Waals surface area (Å²) in [6.07, 6.45) is 1.98. The van der Waals surface area contributed by atoms with Crippen molar-refractivity contribution in [2.75, 3.05) is 0 Å². The predicted molar refractivity (Wildman–Crippen MR) is 67.3 cm³/mol. The van der Waals surface area contributed by atoms with Crippen molar-refractivity contribution in [1.82, 2.24) is 4.57 Å². The van der Waals surface area contributed by atoms with Gasteiger partial charge in [-0.25, -0.2) is 4.39 Å². The number of halogens is 1. The number of nitrogens with two attached hydrogens (primary N) is 1. The molecule has 2 aromatic rings. The first-order chi connectivity index (χ1) is 8.08. The number of aromatic nitrogens is 1. The Labute approximate surface area is 101 Å². The molecule has 0 saturated heterocycles. The summed E-state index contributed by atoms with van der Waals surface area (Å²) in [4.78, 5) is 0. The van der Waals surface area contributed by atoms with Gasteiger partial charge in [0.25, 0.3) is 0 Å². The van der Waals surface area contributed by atoms with E-state index >= 15 is 0 Å². The fourth-order valence-electron chi connectivity index (χ4n) is 1.98. The van der Waals surface area contributed by atoms with Gasteiger partial charge in [0.2, 0.25) is 0 Å². The molecule has 0 aliphatic heterocycles. The van der Waals surface area contributed by atoms with E-state index in [0.29, 0.717) is 6.54 Å². The van der Waals surface area contributed by atoms with E-state index in [-0.39, 0.29) is 11.9 Å². The highest BCUT2D eigenvalue weighted by Crippen LogP contribution is 2.16. The molecule has 0 fully saturated rings. The highest BCUT2D eigenvalue weighted by molar-refractivity contribution is 5.27. The number of aryl methyl sites for hydroxylation is 1. The van der Waals surface area contributed by atoms with Gasteiger partial charge in [0.05, 0.1) is 0 Å². The van der Waals surface area contributed by atoms with Gasteiger partial charge in [-0.3, -0.25) is 0 Å². The first kappa shape index (κ1) is 11.9. The van der Waals surface area contributed by atoms with E-state index in [1.807, 2.05) is 32.2 Å². The lowest BCUT2D eigenvalue weighted by Gasteiger charge is -2.13. The lowest BCUT2D eigenvalue weighted by Crippen LogP contribution is -2.12. The second-order valence-corrected chi connectivity index (χ2v) is 4.42. The summed E-state index contributed by atoms with van der Waals surface area (Å²) in [7, 11) is 0. The smallest absolute Gasteiger partial charge is 0.123 e. The molecule has 0 bridgehead atoms. The lowest BCUT2D eigenvalue weighted by molar-refractivity contribution is 0.619. The molecular weight excluding hydrogens is 215 g/mol. The van der Waals surface area contributed by atoms with Crippen LogP contribution in [0.15, 0.2) is 36.5 Å². The third kappa shape index (κ3) is 2.56. The molecule has 0 spiro atoms. The van der Waals surface area contributed by atoms with E-state index in [4.69, 9.17) is 5.73 Å². The number of rotatable bonds is 3. The van der Waals surface area contributed by atoms with Crippen LogP contribution in [0.4, 0.5) is 4.39 Å². The van der Waals surface area contributed by atoms with Crippen molar-refractivity contribution in [2.24, 2.45) is 5.73 Å². The van der Waals surface area contributed by atoms with Gasteiger partial charge in [0, 0.05) is 24.5 Å². The van der Waals surface area contributed by atoms with E-state index in [0.717, 1.165) is 16.8 Å². The molecule has 1 atom stereocenters. The van der Waals surface area contributed by atoms with Crippen molar-refractivity contribution < 1.29 is 4.39 Å². The van der Waals surface area contributed by atoms with Crippen LogP contribution in [0.25, 0.3) is 0 Å². The van der Waals surface area contributed by atoms with Gasteiger partial charge in [0.1, 0.15) is 5.82 Å². The number of nitrogens with zero attached hydrogens (tertiary/aromatic N) is 1. The Morgan fingerprint density at radius 1 is 1.35 bits per heavy atom. The van der Waals surface area contributed by atoms with E-state index in [9.17, 15) is 4.39 Å². The largest absolute Gasteiger partial charge is 0.346 e. The molecular formula is C14H17FN2. The Morgan fingerprint density at radius 3 is 2.82 bits per heavy atom. The molecule has 2 N–H and O–H groups in total. The Bertz CT molecular complexity index is 515. The fourth-order valence-corrected chi connectivity index (χ4v) is 1.98. The molecule has 90 valence electrons. The van der Waals surface area contributed by atoms with Crippen molar-refractivity contribution in [3.05, 3.63) is 59.2 Å². The Hall–Kier alpha value is -1.61. The van der Waals surface area contributed by atoms with Crippen LogP contribution in [0.3, 0.4) is 0 Å². The van der Waals surface area contributed by atoms with Gasteiger partial charge < -0.3 is 10.3 Å². The fraction of sp³-hybridized carbons (Fsp3) is 0.286. The number of hydrogen-bond acceptors (Lipinski definition) is 1. The van der Waals surface area contributed by atoms with E-state index in [1.54, 1.807) is 12.1 Å². The van der Waals surface area contributed by atoms with Crippen LogP contribution in [-0.4, -0.2) is 4.57 Å². The van der Waals surface area contributed by atoms with Crippen molar-refractivity contribution in [3.63, 3.8) is 0 Å². The Balaban J connectivity index is 2.31. The van der Waals surface area contributed by atoms with Gasteiger partial charge >= 0.3 is 0 Å². The standard InChI is InChI=1S/C14H17FN2/c1-10-5-6-13(15)8-12(10)9-17-7-3-4-14(17)11(2)16/h3-8,11H,9,16H2,1-2H3. The van der Waals surface area contributed by atoms with Crippen molar-refractivity contribution >= 4 is 0 Å². The first-order valence-corrected chi connectivity index (χ1v) is 5.73. The third-order valence-corrected chi connectivity index (χ3v) is 2.98. The summed E-state index contributed by atoms with van der Waals surface area (Å²) < 4.78 is 15.3. The topological polar surface area (TPSA) is 30.9 Å². The molecule has 1 aromatic carbocycles. The van der Waals surface area contributed by atoms with Gasteiger partial charge in [0.15, 0.2) is 0 Å². The predicted octanol–water partition coefficient (Wildman–Crippen LogP) is 3.00. The van der Waals surface area contributed by atoms with Crippen LogP contribution in [0, 0.1) is 12.7 Å². The minimum atomic E-state index is -0.194. The number of benzene rings is 1. The van der Waals surface area contributed by atoms with Crippen LogP contribution in [0.2, 0.25) is 0 Å². The highest BCUT2D eigenvalue weighted by atomic mass is 19.1. The maximum atomic E-state index is 13.2. The van der Waals surface area contributed by atoms with Crippen LogP contribution >= 0.6 is 0 Å². The molecule has 1 aromatic heterocycles. The van der Waals surface area contributed by atoms with Crippen LogP contribution in [0.5, 0.6) is 0 Å². The molecule has 1 heterocycles. The zero-order valence-electron chi connectivity index (χ0n) is 10.2. The minimum Gasteiger partial charge on any atom is -0.346 e. The molecule has 0 saturated carbocycles. The summed E-state index contributed by atoms with van der Waals surface area (Å²) >= 11 is 0. The summed E-state index contributed by atoms with van der Waals surface area (Å²) in [5, 5.41) is 0. The van der Waals surface area contributed by atoms with Gasteiger partial charge in [-0.15, -0.1) is 0 Å².